The van der Waals surface area contributed by atoms with Gasteiger partial charge in [-0.15, -0.1) is 0 Å². The lowest BCUT2D eigenvalue weighted by atomic mass is 9.98. The maximum atomic E-state index is 12.0. The molecule has 0 aromatic heterocycles. The fraction of sp³-hybridized carbons (Fsp3) is 0.846. The van der Waals surface area contributed by atoms with Crippen LogP contribution < -0.4 is 10.6 Å². The van der Waals surface area contributed by atoms with E-state index < -0.39 is 0 Å². The van der Waals surface area contributed by atoms with Gasteiger partial charge >= 0.3 is 0 Å². The Bertz CT molecular complexity index is 313. The third-order valence-electron chi connectivity index (χ3n) is 3.86. The molecule has 0 spiro atoms. The van der Waals surface area contributed by atoms with E-state index in [9.17, 15) is 9.59 Å². The molecule has 2 heterocycles. The Balaban J connectivity index is 1.76. The van der Waals surface area contributed by atoms with Gasteiger partial charge in [-0.2, -0.15) is 0 Å². The van der Waals surface area contributed by atoms with Gasteiger partial charge in [0.15, 0.2) is 0 Å². The maximum Gasteiger partial charge on any atom is 0.224 e. The van der Waals surface area contributed by atoms with Crippen LogP contribution in [0.25, 0.3) is 0 Å². The van der Waals surface area contributed by atoms with E-state index in [2.05, 4.69) is 10.6 Å². The Morgan fingerprint density at radius 1 is 1.39 bits per heavy atom. The molecule has 0 saturated carbocycles. The smallest absolute Gasteiger partial charge is 0.224 e. The van der Waals surface area contributed by atoms with Gasteiger partial charge < -0.3 is 15.5 Å². The zero-order chi connectivity index (χ0) is 13.0. The number of piperidine rings is 1. The molecule has 2 unspecified atom stereocenters. The molecule has 2 aliphatic heterocycles. The monoisotopic (exact) mass is 253 g/mol. The average Bonchev–Trinajstić information content (AvgIpc) is 2.87. The molecule has 2 aliphatic rings. The zero-order valence-electron chi connectivity index (χ0n) is 11.1. The highest BCUT2D eigenvalue weighted by Gasteiger charge is 2.29. The number of carbonyl (C=O) groups excluding carboxylic acids is 2. The molecule has 5 heteroatoms. The molecule has 0 aromatic rings. The molecule has 2 amide bonds. The van der Waals surface area contributed by atoms with Gasteiger partial charge in [0.1, 0.15) is 0 Å². The number of nitrogens with zero attached hydrogens (tertiary/aromatic N) is 1. The Morgan fingerprint density at radius 2 is 2.22 bits per heavy atom. The number of carbonyl (C=O) groups is 2. The Labute approximate surface area is 108 Å². The number of hydrogen-bond donors (Lipinski definition) is 2. The van der Waals surface area contributed by atoms with Crippen molar-refractivity contribution in [2.75, 3.05) is 26.2 Å². The first-order chi connectivity index (χ1) is 8.70. The topological polar surface area (TPSA) is 61.4 Å². The lowest BCUT2D eigenvalue weighted by Crippen LogP contribution is -2.45. The van der Waals surface area contributed by atoms with Crippen molar-refractivity contribution in [3.8, 4) is 0 Å². The highest BCUT2D eigenvalue weighted by molar-refractivity contribution is 5.80. The van der Waals surface area contributed by atoms with Crippen LogP contribution in [0.5, 0.6) is 0 Å². The van der Waals surface area contributed by atoms with Crippen LogP contribution in [-0.4, -0.2) is 48.9 Å². The van der Waals surface area contributed by atoms with E-state index in [1.54, 1.807) is 0 Å². The standard InChI is InChI=1S/C13H23N3O2/c1-2-12(17)16-7-5-11(9-16)15-13(18)10-4-3-6-14-8-10/h10-11,14H,2-9H2,1H3,(H,15,18). The first kappa shape index (κ1) is 13.3. The second-order valence-corrected chi connectivity index (χ2v) is 5.23. The number of hydrogen-bond acceptors (Lipinski definition) is 3. The van der Waals surface area contributed by atoms with Crippen molar-refractivity contribution in [2.24, 2.45) is 5.92 Å². The van der Waals surface area contributed by atoms with Gasteiger partial charge in [0, 0.05) is 32.1 Å². The molecule has 0 aliphatic carbocycles. The zero-order valence-corrected chi connectivity index (χ0v) is 11.1. The normalized spacial score (nSPS) is 28.2. The highest BCUT2D eigenvalue weighted by Crippen LogP contribution is 2.14. The molecule has 5 nitrogen and oxygen atoms in total. The first-order valence-corrected chi connectivity index (χ1v) is 6.99. The maximum absolute atomic E-state index is 12.0. The predicted molar refractivity (Wildman–Crippen MR) is 69.0 cm³/mol. The summed E-state index contributed by atoms with van der Waals surface area (Å²) in [4.78, 5) is 25.4. The van der Waals surface area contributed by atoms with E-state index in [0.717, 1.165) is 38.9 Å². The van der Waals surface area contributed by atoms with E-state index in [4.69, 9.17) is 0 Å². The second kappa shape index (κ2) is 6.18. The minimum atomic E-state index is 0.106. The molecular formula is C13H23N3O2. The van der Waals surface area contributed by atoms with E-state index in [1.807, 2.05) is 11.8 Å². The summed E-state index contributed by atoms with van der Waals surface area (Å²) in [5.41, 5.74) is 0. The summed E-state index contributed by atoms with van der Waals surface area (Å²) in [6, 6.07) is 0.148. The van der Waals surface area contributed by atoms with E-state index >= 15 is 0 Å². The molecule has 2 fully saturated rings. The molecule has 2 atom stereocenters. The largest absolute Gasteiger partial charge is 0.351 e. The molecule has 0 aromatic carbocycles. The summed E-state index contributed by atoms with van der Waals surface area (Å²) >= 11 is 0. The van der Waals surface area contributed by atoms with Crippen molar-refractivity contribution < 1.29 is 9.59 Å². The Morgan fingerprint density at radius 3 is 2.89 bits per heavy atom. The van der Waals surface area contributed by atoms with Crippen LogP contribution in [0, 0.1) is 5.92 Å². The van der Waals surface area contributed by atoms with Gasteiger partial charge in [-0.3, -0.25) is 9.59 Å². The first-order valence-electron chi connectivity index (χ1n) is 6.99. The summed E-state index contributed by atoms with van der Waals surface area (Å²) in [5, 5.41) is 6.34. The lowest BCUT2D eigenvalue weighted by molar-refractivity contribution is -0.130. The van der Waals surface area contributed by atoms with Crippen molar-refractivity contribution in [3.05, 3.63) is 0 Å². The quantitative estimate of drug-likeness (QED) is 0.750. The van der Waals surface area contributed by atoms with Gasteiger partial charge in [0.05, 0.1) is 5.92 Å². The van der Waals surface area contributed by atoms with Gasteiger partial charge in [0.25, 0.3) is 0 Å². The molecule has 0 bridgehead atoms. The van der Waals surface area contributed by atoms with E-state index in [1.165, 1.54) is 0 Å². The summed E-state index contributed by atoms with van der Waals surface area (Å²) < 4.78 is 0. The minimum Gasteiger partial charge on any atom is -0.351 e. The van der Waals surface area contributed by atoms with Gasteiger partial charge in [-0.1, -0.05) is 6.92 Å². The van der Waals surface area contributed by atoms with Gasteiger partial charge in [-0.05, 0) is 25.8 Å². The molecule has 18 heavy (non-hydrogen) atoms. The molecule has 2 rings (SSSR count). The number of nitrogens with one attached hydrogen (secondary N) is 2. The molecule has 0 radical (unpaired) electrons. The number of rotatable bonds is 3. The van der Waals surface area contributed by atoms with Crippen LogP contribution in [0.4, 0.5) is 0 Å². The summed E-state index contributed by atoms with van der Waals surface area (Å²) in [5.74, 6) is 0.443. The van der Waals surface area contributed by atoms with Crippen molar-refractivity contribution in [1.29, 1.82) is 0 Å². The molecule has 102 valence electrons. The fourth-order valence-electron chi connectivity index (χ4n) is 2.72. The van der Waals surface area contributed by atoms with Crippen molar-refractivity contribution in [2.45, 2.75) is 38.6 Å². The van der Waals surface area contributed by atoms with Crippen molar-refractivity contribution in [3.63, 3.8) is 0 Å². The van der Waals surface area contributed by atoms with Crippen LogP contribution in [0.1, 0.15) is 32.6 Å². The van der Waals surface area contributed by atoms with Gasteiger partial charge in [-0.25, -0.2) is 0 Å². The number of likely N-dealkylation sites (tertiary alicyclic amines) is 1. The van der Waals surface area contributed by atoms with Crippen molar-refractivity contribution in [1.82, 2.24) is 15.5 Å². The molecule has 2 N–H and O–H groups in total. The van der Waals surface area contributed by atoms with E-state index in [0.29, 0.717) is 13.0 Å². The van der Waals surface area contributed by atoms with Crippen molar-refractivity contribution >= 4 is 11.8 Å². The van der Waals surface area contributed by atoms with Gasteiger partial charge in [0.2, 0.25) is 11.8 Å². The SMILES string of the molecule is CCC(=O)N1CCC(NC(=O)C2CCCNC2)C1. The third kappa shape index (κ3) is 3.22. The summed E-state index contributed by atoms with van der Waals surface area (Å²) in [6.07, 6.45) is 3.48. The summed E-state index contributed by atoms with van der Waals surface area (Å²) in [6.45, 7) is 5.14. The Kier molecular flexibility index (Phi) is 4.58. The molecule has 2 saturated heterocycles. The highest BCUT2D eigenvalue weighted by atomic mass is 16.2. The van der Waals surface area contributed by atoms with Crippen LogP contribution in [-0.2, 0) is 9.59 Å². The third-order valence-corrected chi connectivity index (χ3v) is 3.86. The second-order valence-electron chi connectivity index (χ2n) is 5.23. The average molecular weight is 253 g/mol. The van der Waals surface area contributed by atoms with Crippen LogP contribution >= 0.6 is 0 Å². The van der Waals surface area contributed by atoms with Crippen LogP contribution in [0.15, 0.2) is 0 Å². The summed E-state index contributed by atoms with van der Waals surface area (Å²) in [7, 11) is 0. The number of amides is 2. The minimum absolute atomic E-state index is 0.106. The fourth-order valence-corrected chi connectivity index (χ4v) is 2.72. The van der Waals surface area contributed by atoms with Crippen LogP contribution in [0.2, 0.25) is 0 Å². The lowest BCUT2D eigenvalue weighted by Gasteiger charge is -2.24. The predicted octanol–water partition coefficient (Wildman–Crippen LogP) is 0.113. The van der Waals surface area contributed by atoms with E-state index in [-0.39, 0.29) is 23.8 Å². The Hall–Kier alpha value is -1.10. The molecular weight excluding hydrogens is 230 g/mol. The van der Waals surface area contributed by atoms with Crippen LogP contribution in [0.3, 0.4) is 0 Å².